The number of amides is 2. The molecule has 0 spiro atoms. The number of aryl methyl sites for hydroxylation is 2. The van der Waals surface area contributed by atoms with Crippen LogP contribution in [0.1, 0.15) is 52.4 Å². The monoisotopic (exact) mass is 358 g/mol. The van der Waals surface area contributed by atoms with Crippen LogP contribution in [0.3, 0.4) is 0 Å². The van der Waals surface area contributed by atoms with Gasteiger partial charge in [-0.1, -0.05) is 50.6 Å². The highest BCUT2D eigenvalue weighted by molar-refractivity contribution is 7.14. The molecule has 0 unspecified atom stereocenters. The lowest BCUT2D eigenvalue weighted by Crippen LogP contribution is -2.33. The largest absolute Gasteiger partial charge is 0.370 e. The Bertz CT molecular complexity index is 710. The quantitative estimate of drug-likeness (QED) is 0.741. The summed E-state index contributed by atoms with van der Waals surface area (Å²) in [5.74, 6) is -0.412. The van der Waals surface area contributed by atoms with E-state index in [9.17, 15) is 9.59 Å². The third kappa shape index (κ3) is 5.43. The molecule has 1 aromatic heterocycles. The topological polar surface area (TPSA) is 63.4 Å². The minimum absolute atomic E-state index is 0.0212. The molecule has 0 radical (unpaired) electrons. The number of primary amides is 1. The van der Waals surface area contributed by atoms with Crippen LogP contribution in [-0.4, -0.2) is 23.3 Å². The molecule has 2 rings (SSSR count). The first-order valence-corrected chi connectivity index (χ1v) is 9.59. The van der Waals surface area contributed by atoms with Crippen molar-refractivity contribution in [1.82, 2.24) is 4.90 Å². The highest BCUT2D eigenvalue weighted by Gasteiger charge is 2.20. The zero-order valence-corrected chi connectivity index (χ0v) is 15.8. The summed E-state index contributed by atoms with van der Waals surface area (Å²) in [4.78, 5) is 28.0. The maximum Gasteiger partial charge on any atom is 0.264 e. The van der Waals surface area contributed by atoms with Gasteiger partial charge in [-0.2, -0.15) is 0 Å². The van der Waals surface area contributed by atoms with Crippen molar-refractivity contribution in [2.24, 2.45) is 5.73 Å². The van der Waals surface area contributed by atoms with E-state index in [0.717, 1.165) is 29.7 Å². The summed E-state index contributed by atoms with van der Waals surface area (Å²) < 4.78 is 0. The summed E-state index contributed by atoms with van der Waals surface area (Å²) in [6, 6.07) is 11.8. The Morgan fingerprint density at radius 1 is 1.16 bits per heavy atom. The predicted molar refractivity (Wildman–Crippen MR) is 103 cm³/mol. The van der Waals surface area contributed by atoms with E-state index in [-0.39, 0.29) is 12.3 Å². The molecule has 1 aromatic carbocycles. The molecule has 0 bridgehead atoms. The number of carbonyl (C=O) groups is 2. The number of benzene rings is 1. The number of hydrogen-bond acceptors (Lipinski definition) is 3. The Morgan fingerprint density at radius 3 is 2.48 bits per heavy atom. The fourth-order valence-electron chi connectivity index (χ4n) is 2.77. The third-order valence-electron chi connectivity index (χ3n) is 4.10. The number of thiophene rings is 1. The second-order valence-corrected chi connectivity index (χ2v) is 7.23. The summed E-state index contributed by atoms with van der Waals surface area (Å²) in [7, 11) is 0. The van der Waals surface area contributed by atoms with Gasteiger partial charge in [0.1, 0.15) is 0 Å². The predicted octanol–water partition coefficient (Wildman–Crippen LogP) is 3.78. The lowest BCUT2D eigenvalue weighted by atomic mass is 10.1. The molecular weight excluding hydrogens is 332 g/mol. The Labute approximate surface area is 153 Å². The minimum atomic E-state index is -0.391. The fourth-order valence-corrected chi connectivity index (χ4v) is 4.09. The molecule has 0 aliphatic rings. The van der Waals surface area contributed by atoms with Gasteiger partial charge in [-0.25, -0.2) is 0 Å². The molecule has 0 atom stereocenters. The first kappa shape index (κ1) is 19.2. The van der Waals surface area contributed by atoms with Gasteiger partial charge >= 0.3 is 0 Å². The zero-order valence-electron chi connectivity index (χ0n) is 15.0. The molecule has 25 heavy (non-hydrogen) atoms. The van der Waals surface area contributed by atoms with E-state index in [2.05, 4.69) is 13.8 Å². The van der Waals surface area contributed by atoms with Gasteiger partial charge in [-0.3, -0.25) is 9.59 Å². The third-order valence-corrected chi connectivity index (χ3v) is 5.32. The molecule has 0 fully saturated rings. The van der Waals surface area contributed by atoms with Crippen LogP contribution in [0.25, 0.3) is 0 Å². The van der Waals surface area contributed by atoms with E-state index < -0.39 is 5.91 Å². The molecule has 2 amide bonds. The van der Waals surface area contributed by atoms with Gasteiger partial charge in [0, 0.05) is 24.4 Å². The lowest BCUT2D eigenvalue weighted by Gasteiger charge is -2.21. The van der Waals surface area contributed by atoms with E-state index in [1.165, 1.54) is 10.4 Å². The van der Waals surface area contributed by atoms with Crippen molar-refractivity contribution < 1.29 is 9.59 Å². The van der Waals surface area contributed by atoms with Crippen molar-refractivity contribution in [2.75, 3.05) is 6.54 Å². The van der Waals surface area contributed by atoms with Crippen LogP contribution in [0.4, 0.5) is 0 Å². The zero-order chi connectivity index (χ0) is 18.2. The van der Waals surface area contributed by atoms with Crippen molar-refractivity contribution in [3.63, 3.8) is 0 Å². The summed E-state index contributed by atoms with van der Waals surface area (Å²) in [6.45, 7) is 5.08. The minimum Gasteiger partial charge on any atom is -0.370 e. The normalized spacial score (nSPS) is 10.6. The average Bonchev–Trinajstić information content (AvgIpc) is 3.02. The Balaban J connectivity index is 2.22. The van der Waals surface area contributed by atoms with Gasteiger partial charge in [0.15, 0.2) is 0 Å². The summed E-state index contributed by atoms with van der Waals surface area (Å²) in [6.07, 6.45) is 3.17. The number of nitrogens with two attached hydrogens (primary N) is 1. The molecular formula is C20H26N2O2S. The summed E-state index contributed by atoms with van der Waals surface area (Å²) in [5.41, 5.74) is 7.59. The average molecular weight is 359 g/mol. The molecule has 0 saturated heterocycles. The molecule has 2 aromatic rings. The maximum absolute atomic E-state index is 13.0. The van der Waals surface area contributed by atoms with E-state index in [4.69, 9.17) is 5.73 Å². The Kier molecular flexibility index (Phi) is 7.19. The maximum atomic E-state index is 13.0. The number of hydrogen-bond donors (Lipinski definition) is 1. The molecule has 134 valence electrons. The van der Waals surface area contributed by atoms with Gasteiger partial charge in [0.2, 0.25) is 5.91 Å². The Hall–Kier alpha value is -2.14. The molecule has 5 heteroatoms. The van der Waals surface area contributed by atoms with Crippen LogP contribution < -0.4 is 5.73 Å². The van der Waals surface area contributed by atoms with Crippen LogP contribution >= 0.6 is 11.3 Å². The molecule has 1 heterocycles. The number of nitrogens with zero attached hydrogens (tertiary/aromatic N) is 1. The SMILES string of the molecule is CCCc1sc(C(=O)N(CCC(N)=O)Cc2ccccc2)cc1CC. The van der Waals surface area contributed by atoms with Crippen LogP contribution in [-0.2, 0) is 24.2 Å². The highest BCUT2D eigenvalue weighted by atomic mass is 32.1. The van der Waals surface area contributed by atoms with E-state index in [0.29, 0.717) is 13.1 Å². The summed E-state index contributed by atoms with van der Waals surface area (Å²) in [5, 5.41) is 0. The van der Waals surface area contributed by atoms with Crippen LogP contribution in [0.5, 0.6) is 0 Å². The first-order valence-electron chi connectivity index (χ1n) is 8.78. The molecule has 0 aliphatic carbocycles. The first-order chi connectivity index (χ1) is 12.0. The van der Waals surface area contributed by atoms with Gasteiger partial charge in [0.25, 0.3) is 5.91 Å². The standard InChI is InChI=1S/C20H26N2O2S/c1-3-8-17-16(4-2)13-18(25-17)20(24)22(12-11-19(21)23)14-15-9-6-5-7-10-15/h5-7,9-10,13H,3-4,8,11-12,14H2,1-2H3,(H2,21,23). The lowest BCUT2D eigenvalue weighted by molar-refractivity contribution is -0.118. The van der Waals surface area contributed by atoms with E-state index in [1.54, 1.807) is 16.2 Å². The van der Waals surface area contributed by atoms with Gasteiger partial charge in [-0.05, 0) is 30.0 Å². The molecule has 0 aliphatic heterocycles. The molecule has 4 nitrogen and oxygen atoms in total. The van der Waals surface area contributed by atoms with Gasteiger partial charge in [0.05, 0.1) is 4.88 Å². The van der Waals surface area contributed by atoms with Gasteiger partial charge < -0.3 is 10.6 Å². The molecule has 2 N–H and O–H groups in total. The fraction of sp³-hybridized carbons (Fsp3) is 0.400. The van der Waals surface area contributed by atoms with Gasteiger partial charge in [-0.15, -0.1) is 11.3 Å². The Morgan fingerprint density at radius 2 is 1.88 bits per heavy atom. The van der Waals surface area contributed by atoms with E-state index >= 15 is 0 Å². The second-order valence-electron chi connectivity index (χ2n) is 6.09. The number of carbonyl (C=O) groups excluding carboxylic acids is 2. The van der Waals surface area contributed by atoms with Crippen molar-refractivity contribution >= 4 is 23.2 Å². The molecule has 0 saturated carbocycles. The van der Waals surface area contributed by atoms with Crippen LogP contribution in [0.2, 0.25) is 0 Å². The number of rotatable bonds is 9. The second kappa shape index (κ2) is 9.37. The van der Waals surface area contributed by atoms with Crippen molar-refractivity contribution in [3.8, 4) is 0 Å². The highest BCUT2D eigenvalue weighted by Crippen LogP contribution is 2.26. The van der Waals surface area contributed by atoms with Crippen LogP contribution in [0.15, 0.2) is 36.4 Å². The van der Waals surface area contributed by atoms with Crippen LogP contribution in [0, 0.1) is 0 Å². The smallest absolute Gasteiger partial charge is 0.264 e. The van der Waals surface area contributed by atoms with Crippen molar-refractivity contribution in [2.45, 2.75) is 46.1 Å². The van der Waals surface area contributed by atoms with Crippen molar-refractivity contribution in [3.05, 3.63) is 57.3 Å². The summed E-state index contributed by atoms with van der Waals surface area (Å²) >= 11 is 1.58. The van der Waals surface area contributed by atoms with Crippen molar-refractivity contribution in [1.29, 1.82) is 0 Å². The van der Waals surface area contributed by atoms with E-state index in [1.807, 2.05) is 36.4 Å².